The SMILES string of the molecule is C=C(CCCO)C1CC1. The molecule has 0 saturated heterocycles. The van der Waals surface area contributed by atoms with Crippen LogP contribution in [0.5, 0.6) is 0 Å². The summed E-state index contributed by atoms with van der Waals surface area (Å²) in [5, 5.41) is 8.48. The second kappa shape index (κ2) is 3.02. The van der Waals surface area contributed by atoms with Crippen LogP contribution in [0.3, 0.4) is 0 Å². The minimum atomic E-state index is 0.311. The molecular weight excluding hydrogens is 112 g/mol. The van der Waals surface area contributed by atoms with E-state index >= 15 is 0 Å². The van der Waals surface area contributed by atoms with Gasteiger partial charge in [0.2, 0.25) is 0 Å². The molecule has 0 atom stereocenters. The van der Waals surface area contributed by atoms with Crippen LogP contribution < -0.4 is 0 Å². The van der Waals surface area contributed by atoms with Gasteiger partial charge in [-0.2, -0.15) is 0 Å². The monoisotopic (exact) mass is 126 g/mol. The maximum atomic E-state index is 8.48. The van der Waals surface area contributed by atoms with E-state index in [0.717, 1.165) is 18.8 Å². The first-order valence-corrected chi connectivity index (χ1v) is 3.63. The number of hydrogen-bond acceptors (Lipinski definition) is 1. The van der Waals surface area contributed by atoms with Crippen LogP contribution in [-0.2, 0) is 0 Å². The highest BCUT2D eigenvalue weighted by molar-refractivity contribution is 5.06. The van der Waals surface area contributed by atoms with Gasteiger partial charge in [0, 0.05) is 6.61 Å². The maximum absolute atomic E-state index is 8.48. The molecular formula is C8H14O. The highest BCUT2D eigenvalue weighted by atomic mass is 16.2. The Morgan fingerprint density at radius 2 is 2.22 bits per heavy atom. The quantitative estimate of drug-likeness (QED) is 0.569. The van der Waals surface area contributed by atoms with E-state index in [1.54, 1.807) is 0 Å². The number of hydrogen-bond donors (Lipinski definition) is 1. The average molecular weight is 126 g/mol. The first-order valence-electron chi connectivity index (χ1n) is 3.63. The lowest BCUT2D eigenvalue weighted by Gasteiger charge is -1.98. The van der Waals surface area contributed by atoms with Gasteiger partial charge in [0.05, 0.1) is 0 Å². The molecule has 1 saturated carbocycles. The summed E-state index contributed by atoms with van der Waals surface area (Å²) in [5.41, 5.74) is 1.35. The summed E-state index contributed by atoms with van der Waals surface area (Å²) in [6.45, 7) is 4.25. The van der Waals surface area contributed by atoms with Crippen molar-refractivity contribution in [3.05, 3.63) is 12.2 Å². The number of allylic oxidation sites excluding steroid dienone is 1. The van der Waals surface area contributed by atoms with Crippen LogP contribution in [0, 0.1) is 5.92 Å². The van der Waals surface area contributed by atoms with Crippen LogP contribution in [-0.4, -0.2) is 11.7 Å². The lowest BCUT2D eigenvalue weighted by molar-refractivity contribution is 0.288. The zero-order chi connectivity index (χ0) is 6.69. The van der Waals surface area contributed by atoms with Crippen LogP contribution >= 0.6 is 0 Å². The summed E-state index contributed by atoms with van der Waals surface area (Å²) in [5.74, 6) is 0.816. The van der Waals surface area contributed by atoms with Gasteiger partial charge in [-0.15, -0.1) is 0 Å². The molecule has 1 aliphatic rings. The zero-order valence-electron chi connectivity index (χ0n) is 5.77. The Labute approximate surface area is 56.4 Å². The molecule has 0 aromatic rings. The third kappa shape index (κ3) is 2.19. The van der Waals surface area contributed by atoms with Gasteiger partial charge in [0.25, 0.3) is 0 Å². The van der Waals surface area contributed by atoms with E-state index in [-0.39, 0.29) is 0 Å². The molecule has 1 fully saturated rings. The van der Waals surface area contributed by atoms with Crippen LogP contribution in [0.15, 0.2) is 12.2 Å². The normalized spacial score (nSPS) is 17.9. The van der Waals surface area contributed by atoms with Crippen molar-refractivity contribution in [2.75, 3.05) is 6.61 Å². The molecule has 0 spiro atoms. The fourth-order valence-corrected chi connectivity index (χ4v) is 1.00. The van der Waals surface area contributed by atoms with Gasteiger partial charge in [-0.3, -0.25) is 0 Å². The van der Waals surface area contributed by atoms with E-state index in [2.05, 4.69) is 6.58 Å². The number of aliphatic hydroxyl groups is 1. The first-order chi connectivity index (χ1) is 4.34. The molecule has 1 rings (SSSR count). The van der Waals surface area contributed by atoms with Crippen molar-refractivity contribution in [2.45, 2.75) is 25.7 Å². The highest BCUT2D eigenvalue weighted by Gasteiger charge is 2.23. The van der Waals surface area contributed by atoms with Crippen molar-refractivity contribution in [3.63, 3.8) is 0 Å². The molecule has 0 amide bonds. The minimum Gasteiger partial charge on any atom is -0.396 e. The molecule has 1 N–H and O–H groups in total. The fourth-order valence-electron chi connectivity index (χ4n) is 1.00. The molecule has 0 bridgehead atoms. The molecule has 1 aliphatic carbocycles. The Balaban J connectivity index is 2.03. The molecule has 0 heterocycles. The average Bonchev–Trinajstić information content (AvgIpc) is 2.63. The Kier molecular flexibility index (Phi) is 2.29. The number of rotatable bonds is 4. The highest BCUT2D eigenvalue weighted by Crippen LogP contribution is 2.37. The smallest absolute Gasteiger partial charge is 0.0434 e. The van der Waals surface area contributed by atoms with Gasteiger partial charge in [-0.1, -0.05) is 12.2 Å². The van der Waals surface area contributed by atoms with E-state index in [1.807, 2.05) is 0 Å². The zero-order valence-corrected chi connectivity index (χ0v) is 5.77. The maximum Gasteiger partial charge on any atom is 0.0434 e. The van der Waals surface area contributed by atoms with Crippen LogP contribution in [0.1, 0.15) is 25.7 Å². The molecule has 0 aliphatic heterocycles. The second-order valence-corrected chi connectivity index (χ2v) is 2.76. The molecule has 0 aromatic heterocycles. The summed E-state index contributed by atoms with van der Waals surface area (Å²) >= 11 is 0. The van der Waals surface area contributed by atoms with Crippen molar-refractivity contribution in [2.24, 2.45) is 5.92 Å². The standard InChI is InChI=1S/C8H14O/c1-7(3-2-6-9)8-4-5-8/h8-9H,1-6H2. The van der Waals surface area contributed by atoms with Gasteiger partial charge in [0.15, 0.2) is 0 Å². The summed E-state index contributed by atoms with van der Waals surface area (Å²) in [6, 6.07) is 0. The van der Waals surface area contributed by atoms with Gasteiger partial charge >= 0.3 is 0 Å². The van der Waals surface area contributed by atoms with Crippen LogP contribution in [0.2, 0.25) is 0 Å². The molecule has 9 heavy (non-hydrogen) atoms. The first kappa shape index (κ1) is 6.81. The summed E-state index contributed by atoms with van der Waals surface area (Å²) in [7, 11) is 0. The minimum absolute atomic E-state index is 0.311. The van der Waals surface area contributed by atoms with E-state index in [9.17, 15) is 0 Å². The Hall–Kier alpha value is -0.300. The Morgan fingerprint density at radius 1 is 1.56 bits per heavy atom. The molecule has 0 radical (unpaired) electrons. The lowest BCUT2D eigenvalue weighted by Crippen LogP contribution is -1.87. The molecule has 52 valence electrons. The number of aliphatic hydroxyl groups excluding tert-OH is 1. The van der Waals surface area contributed by atoms with Gasteiger partial charge in [-0.25, -0.2) is 0 Å². The Bertz CT molecular complexity index is 103. The lowest BCUT2D eigenvalue weighted by atomic mass is 10.1. The largest absolute Gasteiger partial charge is 0.396 e. The van der Waals surface area contributed by atoms with Crippen molar-refractivity contribution < 1.29 is 5.11 Å². The van der Waals surface area contributed by atoms with E-state index in [4.69, 9.17) is 5.11 Å². The molecule has 0 aromatic carbocycles. The van der Waals surface area contributed by atoms with Crippen LogP contribution in [0.4, 0.5) is 0 Å². The molecule has 1 nitrogen and oxygen atoms in total. The van der Waals surface area contributed by atoms with Crippen molar-refractivity contribution in [3.8, 4) is 0 Å². The van der Waals surface area contributed by atoms with Crippen molar-refractivity contribution in [1.29, 1.82) is 0 Å². The third-order valence-corrected chi connectivity index (χ3v) is 1.81. The van der Waals surface area contributed by atoms with Gasteiger partial charge in [0.1, 0.15) is 0 Å². The molecule has 1 heteroatoms. The summed E-state index contributed by atoms with van der Waals surface area (Å²) in [6.07, 6.45) is 4.60. The second-order valence-electron chi connectivity index (χ2n) is 2.76. The Morgan fingerprint density at radius 3 is 2.67 bits per heavy atom. The van der Waals surface area contributed by atoms with Gasteiger partial charge in [-0.05, 0) is 31.6 Å². The predicted molar refractivity (Wildman–Crippen MR) is 38.2 cm³/mol. The molecule has 0 unspecified atom stereocenters. The van der Waals surface area contributed by atoms with Gasteiger partial charge < -0.3 is 5.11 Å². The van der Waals surface area contributed by atoms with E-state index < -0.39 is 0 Å². The fraction of sp³-hybridized carbons (Fsp3) is 0.750. The predicted octanol–water partition coefficient (Wildman–Crippen LogP) is 1.73. The van der Waals surface area contributed by atoms with Crippen LogP contribution in [0.25, 0.3) is 0 Å². The van der Waals surface area contributed by atoms with Crippen molar-refractivity contribution in [1.82, 2.24) is 0 Å². The summed E-state index contributed by atoms with van der Waals surface area (Å²) in [4.78, 5) is 0. The third-order valence-electron chi connectivity index (χ3n) is 1.81. The van der Waals surface area contributed by atoms with E-state index in [0.29, 0.717) is 6.61 Å². The summed E-state index contributed by atoms with van der Waals surface area (Å²) < 4.78 is 0. The van der Waals surface area contributed by atoms with Crippen molar-refractivity contribution >= 4 is 0 Å². The van der Waals surface area contributed by atoms with E-state index in [1.165, 1.54) is 18.4 Å². The topological polar surface area (TPSA) is 20.2 Å².